The molecule has 0 saturated carbocycles. The smallest absolute Gasteiger partial charge is 0.351 e. The highest BCUT2D eigenvalue weighted by Crippen LogP contribution is 2.37. The Morgan fingerprint density at radius 1 is 1.24 bits per heavy atom. The molecule has 6 heteroatoms. The molecule has 1 aliphatic rings. The number of carbonyl (C=O) groups excluding carboxylic acids is 1. The number of ether oxygens (including phenoxy) is 1. The molecule has 25 heavy (non-hydrogen) atoms. The van der Waals surface area contributed by atoms with E-state index in [-0.39, 0.29) is 11.0 Å². The van der Waals surface area contributed by atoms with Gasteiger partial charge in [0.25, 0.3) is 6.21 Å². The van der Waals surface area contributed by atoms with Crippen molar-refractivity contribution in [1.29, 1.82) is 0 Å². The van der Waals surface area contributed by atoms with Crippen LogP contribution >= 0.6 is 0 Å². The second-order valence-corrected chi connectivity index (χ2v) is 13.4. The van der Waals surface area contributed by atoms with E-state index < -0.39 is 20.0 Å². The Labute approximate surface area is 151 Å². The summed E-state index contributed by atoms with van der Waals surface area (Å²) in [6, 6.07) is 9.00. The van der Waals surface area contributed by atoms with Gasteiger partial charge in [0, 0.05) is 6.42 Å². The Morgan fingerprint density at radius 3 is 2.40 bits per heavy atom. The summed E-state index contributed by atoms with van der Waals surface area (Å²) in [6.45, 7) is 14.7. The molecule has 0 fully saturated rings. The van der Waals surface area contributed by atoms with Crippen LogP contribution in [0.3, 0.4) is 0 Å². The molecule has 1 aliphatic heterocycles. The van der Waals surface area contributed by atoms with Crippen LogP contribution in [0.1, 0.15) is 51.4 Å². The lowest BCUT2D eigenvalue weighted by Gasteiger charge is -2.34. The highest BCUT2D eigenvalue weighted by Gasteiger charge is 2.48. The minimum atomic E-state index is -2.06. The predicted octanol–water partition coefficient (Wildman–Crippen LogP) is 4.35. The summed E-state index contributed by atoms with van der Waals surface area (Å²) in [5, 5.41) is 0.0437. The normalized spacial score (nSPS) is 20.3. The van der Waals surface area contributed by atoms with Gasteiger partial charge in [0.15, 0.2) is 16.6 Å². The van der Waals surface area contributed by atoms with E-state index in [4.69, 9.17) is 14.1 Å². The molecule has 1 atom stereocenters. The van der Waals surface area contributed by atoms with Crippen LogP contribution in [-0.4, -0.2) is 37.1 Å². The first-order valence-electron chi connectivity index (χ1n) is 8.68. The summed E-state index contributed by atoms with van der Waals surface area (Å²) >= 11 is 0. The number of benzene rings is 1. The van der Waals surface area contributed by atoms with Crippen molar-refractivity contribution in [2.24, 2.45) is 0 Å². The van der Waals surface area contributed by atoms with Crippen LogP contribution in [-0.2, 0) is 14.1 Å². The van der Waals surface area contributed by atoms with E-state index in [1.165, 1.54) is 4.90 Å². The number of rotatable bonds is 4. The molecule has 0 N–H and O–H groups in total. The molecule has 1 unspecified atom stereocenters. The van der Waals surface area contributed by atoms with Gasteiger partial charge in [0.2, 0.25) is 0 Å². The molecule has 2 rings (SSSR count). The van der Waals surface area contributed by atoms with Gasteiger partial charge in [-0.25, -0.2) is 9.63 Å². The Bertz CT molecular complexity index is 647. The van der Waals surface area contributed by atoms with E-state index >= 15 is 0 Å². The van der Waals surface area contributed by atoms with Crippen molar-refractivity contribution in [3.8, 4) is 0 Å². The first-order valence-corrected chi connectivity index (χ1v) is 11.6. The topological polar surface area (TPSA) is 47.8 Å². The minimum absolute atomic E-state index is 0.0437. The molecule has 0 aliphatic carbocycles. The fourth-order valence-electron chi connectivity index (χ4n) is 2.25. The highest BCUT2D eigenvalue weighted by atomic mass is 28.4. The van der Waals surface area contributed by atoms with Gasteiger partial charge in [-0.05, 0) is 44.1 Å². The number of hydrogen-bond acceptors (Lipinski definition) is 4. The van der Waals surface area contributed by atoms with Crippen LogP contribution in [0, 0.1) is 0 Å². The molecule has 5 nitrogen and oxygen atoms in total. The number of esters is 1. The summed E-state index contributed by atoms with van der Waals surface area (Å²) in [5.41, 5.74) is 0.0516. The van der Waals surface area contributed by atoms with Crippen molar-refractivity contribution in [1.82, 2.24) is 0 Å². The SMILES string of the molecule is CC1(C)CC(OC(=O)c2ccccc2)C=[N+](O[Si](C)(C)C(C)(C)C)O1. The van der Waals surface area contributed by atoms with Crippen molar-refractivity contribution in [3.63, 3.8) is 0 Å². The van der Waals surface area contributed by atoms with Gasteiger partial charge in [0.05, 0.1) is 5.56 Å². The third-order valence-corrected chi connectivity index (χ3v) is 8.96. The first-order chi connectivity index (χ1) is 11.4. The van der Waals surface area contributed by atoms with E-state index in [2.05, 4.69) is 33.9 Å². The summed E-state index contributed by atoms with van der Waals surface area (Å²) in [6.07, 6.45) is 1.89. The van der Waals surface area contributed by atoms with Gasteiger partial charge in [-0.15, -0.1) is 0 Å². The lowest BCUT2D eigenvalue weighted by molar-refractivity contribution is -0.960. The standard InChI is InChI=1S/C19H30NO4Si/c1-18(2,3)25(6,7)24-20-14-16(13-19(4,5)23-20)22-17(21)15-11-9-8-10-12-15/h8-12,14,16H,13H2,1-7H3/q+1. The molecule has 0 amide bonds. The first kappa shape index (κ1) is 19.5. The molecule has 1 aromatic carbocycles. The van der Waals surface area contributed by atoms with Gasteiger partial charge in [0.1, 0.15) is 0 Å². The molecule has 1 aromatic rings. The van der Waals surface area contributed by atoms with Crippen molar-refractivity contribution >= 4 is 20.5 Å². The van der Waals surface area contributed by atoms with E-state index in [9.17, 15) is 4.79 Å². The quantitative estimate of drug-likeness (QED) is 0.589. The van der Waals surface area contributed by atoms with Crippen LogP contribution in [0.15, 0.2) is 30.3 Å². The maximum absolute atomic E-state index is 12.3. The summed E-state index contributed by atoms with van der Waals surface area (Å²) in [4.78, 5) is 19.7. The zero-order chi connectivity index (χ0) is 18.9. The number of nitrogens with zero attached hydrogens (tertiary/aromatic N) is 1. The van der Waals surface area contributed by atoms with Crippen LogP contribution in [0.2, 0.25) is 18.1 Å². The van der Waals surface area contributed by atoms with Crippen LogP contribution in [0.25, 0.3) is 0 Å². The Morgan fingerprint density at radius 2 is 1.84 bits per heavy atom. The fourth-order valence-corrected chi connectivity index (χ4v) is 3.07. The second-order valence-electron chi connectivity index (χ2n) is 8.65. The molecular formula is C19H30NO4Si+. The molecule has 0 bridgehead atoms. The maximum atomic E-state index is 12.3. The van der Waals surface area contributed by atoms with Gasteiger partial charge in [-0.3, -0.25) is 0 Å². The third-order valence-electron chi connectivity index (χ3n) is 4.71. The zero-order valence-corrected chi connectivity index (χ0v) is 17.3. The molecular weight excluding hydrogens is 334 g/mol. The molecule has 0 saturated heterocycles. The van der Waals surface area contributed by atoms with E-state index in [1.54, 1.807) is 18.3 Å². The Kier molecular flexibility index (Phi) is 5.32. The third kappa shape index (κ3) is 5.08. The molecule has 0 radical (unpaired) electrons. The average molecular weight is 365 g/mol. The highest BCUT2D eigenvalue weighted by molar-refractivity contribution is 6.73. The summed E-state index contributed by atoms with van der Waals surface area (Å²) < 4.78 is 11.9. The summed E-state index contributed by atoms with van der Waals surface area (Å²) in [7, 11) is -2.06. The van der Waals surface area contributed by atoms with E-state index in [1.807, 2.05) is 32.0 Å². The van der Waals surface area contributed by atoms with E-state index in [0.717, 1.165) is 0 Å². The molecule has 0 aromatic heterocycles. The predicted molar refractivity (Wildman–Crippen MR) is 100 cm³/mol. The second kappa shape index (κ2) is 6.82. The van der Waals surface area contributed by atoms with Gasteiger partial charge in [-0.1, -0.05) is 39.0 Å². The number of hydrogen-bond donors (Lipinski definition) is 0. The van der Waals surface area contributed by atoms with Gasteiger partial charge in [-0.2, -0.15) is 0 Å². The monoisotopic (exact) mass is 364 g/mol. The van der Waals surface area contributed by atoms with Gasteiger partial charge < -0.3 is 9.26 Å². The number of carbonyl (C=O) groups is 1. The molecule has 1 heterocycles. The zero-order valence-electron chi connectivity index (χ0n) is 16.3. The van der Waals surface area contributed by atoms with E-state index in [0.29, 0.717) is 12.0 Å². The largest absolute Gasteiger partial charge is 0.448 e. The Balaban J connectivity index is 2.16. The summed E-state index contributed by atoms with van der Waals surface area (Å²) in [5.74, 6) is -0.341. The molecule has 0 spiro atoms. The lowest BCUT2D eigenvalue weighted by atomic mass is 10.0. The Hall–Kier alpha value is -1.82. The van der Waals surface area contributed by atoms with Gasteiger partial charge >= 0.3 is 14.3 Å². The van der Waals surface area contributed by atoms with Crippen molar-refractivity contribution in [3.05, 3.63) is 35.9 Å². The maximum Gasteiger partial charge on any atom is 0.351 e. The minimum Gasteiger partial charge on any atom is -0.448 e. The van der Waals surface area contributed by atoms with Crippen LogP contribution in [0.5, 0.6) is 0 Å². The van der Waals surface area contributed by atoms with Crippen molar-refractivity contribution < 1.29 is 23.8 Å². The van der Waals surface area contributed by atoms with Crippen molar-refractivity contribution in [2.75, 3.05) is 0 Å². The van der Waals surface area contributed by atoms with Crippen LogP contribution in [0.4, 0.5) is 0 Å². The van der Waals surface area contributed by atoms with Crippen molar-refractivity contribution in [2.45, 2.75) is 70.9 Å². The molecule has 138 valence electrons. The average Bonchev–Trinajstić information content (AvgIpc) is 2.44. The fraction of sp³-hybridized carbons (Fsp3) is 0.579. The van der Waals surface area contributed by atoms with Crippen LogP contribution < -0.4 is 0 Å². The lowest BCUT2D eigenvalue weighted by Crippen LogP contribution is -2.50.